The van der Waals surface area contributed by atoms with E-state index in [0.29, 0.717) is 5.56 Å². The Morgan fingerprint density at radius 1 is 0.808 bits per heavy atom. The summed E-state index contributed by atoms with van der Waals surface area (Å²) in [5, 5.41) is 9.09. The van der Waals surface area contributed by atoms with Crippen LogP contribution in [0.3, 0.4) is 0 Å². The smallest absolute Gasteiger partial charge is 0.295 e. The predicted molar refractivity (Wildman–Crippen MR) is 97.5 cm³/mol. The fourth-order valence-electron chi connectivity index (χ4n) is 2.65. The van der Waals surface area contributed by atoms with Crippen LogP contribution in [-0.2, 0) is 16.7 Å². The number of carbonyl (C=O) groups is 1. The predicted octanol–water partition coefficient (Wildman–Crippen LogP) is 3.32. The summed E-state index contributed by atoms with van der Waals surface area (Å²) in [6, 6.07) is 19.7. The van der Waals surface area contributed by atoms with Crippen molar-refractivity contribution >= 4 is 15.9 Å². The van der Waals surface area contributed by atoms with Crippen molar-refractivity contribution < 1.29 is 22.9 Å². The summed E-state index contributed by atoms with van der Waals surface area (Å²) in [6.45, 7) is -0.0269. The second-order valence-electron chi connectivity index (χ2n) is 5.73. The average Bonchev–Trinajstić information content (AvgIpc) is 2.67. The highest BCUT2D eigenvalue weighted by Gasteiger charge is 2.20. The largest absolute Gasteiger partial charge is 0.392 e. The van der Waals surface area contributed by atoms with Gasteiger partial charge in [-0.15, -0.1) is 0 Å². The van der Waals surface area contributed by atoms with Crippen LogP contribution in [0.4, 0.5) is 0 Å². The van der Waals surface area contributed by atoms with E-state index in [1.165, 1.54) is 18.2 Å². The van der Waals surface area contributed by atoms with E-state index < -0.39 is 20.8 Å². The Hall–Kier alpha value is -2.80. The van der Waals surface area contributed by atoms with Gasteiger partial charge in [0.2, 0.25) is 0 Å². The molecule has 0 aromatic heterocycles. The lowest BCUT2D eigenvalue weighted by Gasteiger charge is -2.08. The third-order valence-electron chi connectivity index (χ3n) is 4.03. The van der Waals surface area contributed by atoms with Crippen molar-refractivity contribution in [2.24, 2.45) is 0 Å². The number of aliphatic hydroxyl groups is 1. The van der Waals surface area contributed by atoms with Crippen LogP contribution in [0.25, 0.3) is 11.1 Å². The molecule has 0 unspecified atom stereocenters. The molecule has 2 N–H and O–H groups in total. The second-order valence-corrected chi connectivity index (χ2v) is 7.12. The maximum absolute atomic E-state index is 12.6. The quantitative estimate of drug-likeness (QED) is 0.532. The molecule has 0 spiro atoms. The molecule has 0 atom stereocenters. The molecule has 0 bridgehead atoms. The van der Waals surface area contributed by atoms with Crippen LogP contribution >= 0.6 is 0 Å². The van der Waals surface area contributed by atoms with E-state index in [4.69, 9.17) is 5.11 Å². The van der Waals surface area contributed by atoms with Gasteiger partial charge >= 0.3 is 0 Å². The summed E-state index contributed by atoms with van der Waals surface area (Å²) >= 11 is 0. The van der Waals surface area contributed by atoms with E-state index in [9.17, 15) is 17.8 Å². The lowest BCUT2D eigenvalue weighted by Crippen LogP contribution is -2.09. The van der Waals surface area contributed by atoms with Gasteiger partial charge in [0.1, 0.15) is 4.90 Å². The van der Waals surface area contributed by atoms with Gasteiger partial charge in [0.05, 0.1) is 6.61 Å². The van der Waals surface area contributed by atoms with E-state index in [0.717, 1.165) is 16.7 Å². The Balaban J connectivity index is 1.93. The molecule has 3 aromatic rings. The molecule has 0 aliphatic rings. The lowest BCUT2D eigenvalue weighted by molar-refractivity contribution is 0.103. The van der Waals surface area contributed by atoms with Crippen LogP contribution in [-0.4, -0.2) is 23.9 Å². The van der Waals surface area contributed by atoms with Crippen LogP contribution in [0.5, 0.6) is 0 Å². The van der Waals surface area contributed by atoms with Gasteiger partial charge in [-0.2, -0.15) is 8.42 Å². The van der Waals surface area contributed by atoms with E-state index >= 15 is 0 Å². The molecule has 3 aromatic carbocycles. The summed E-state index contributed by atoms with van der Waals surface area (Å²) in [5.41, 5.74) is 2.86. The number of hydrogen-bond donors (Lipinski definition) is 2. The molecule has 0 aliphatic carbocycles. The fraction of sp³-hybridized carbons (Fsp3) is 0.0500. The van der Waals surface area contributed by atoms with Gasteiger partial charge in [0.15, 0.2) is 5.78 Å². The zero-order chi connectivity index (χ0) is 18.7. The van der Waals surface area contributed by atoms with Crippen LogP contribution in [0.2, 0.25) is 0 Å². The zero-order valence-corrected chi connectivity index (χ0v) is 14.5. The number of aliphatic hydroxyl groups excluding tert-OH is 1. The molecule has 3 rings (SSSR count). The summed E-state index contributed by atoms with van der Waals surface area (Å²) < 4.78 is 32.2. The van der Waals surface area contributed by atoms with E-state index in [2.05, 4.69) is 0 Å². The highest BCUT2D eigenvalue weighted by molar-refractivity contribution is 7.86. The monoisotopic (exact) mass is 368 g/mol. The number of hydrogen-bond acceptors (Lipinski definition) is 4. The SMILES string of the molecule is O=C(c1ccc(-c2ccc(CO)cc2)cc1)c1ccccc1S(=O)(=O)O. The topological polar surface area (TPSA) is 91.7 Å². The molecule has 0 saturated carbocycles. The Bertz CT molecular complexity index is 1040. The normalized spacial score (nSPS) is 11.3. The molecule has 0 aliphatic heterocycles. The van der Waals surface area contributed by atoms with Crippen molar-refractivity contribution in [1.29, 1.82) is 0 Å². The maximum atomic E-state index is 12.6. The summed E-state index contributed by atoms with van der Waals surface area (Å²) in [7, 11) is -4.49. The fourth-order valence-corrected chi connectivity index (χ4v) is 3.34. The van der Waals surface area contributed by atoms with Crippen molar-refractivity contribution in [3.05, 3.63) is 89.5 Å². The third-order valence-corrected chi connectivity index (χ3v) is 4.94. The molecule has 0 amide bonds. The van der Waals surface area contributed by atoms with Gasteiger partial charge in [-0.3, -0.25) is 9.35 Å². The van der Waals surface area contributed by atoms with Gasteiger partial charge in [0.25, 0.3) is 10.1 Å². The Kier molecular flexibility index (Phi) is 4.99. The number of carbonyl (C=O) groups excluding carboxylic acids is 1. The minimum Gasteiger partial charge on any atom is -0.392 e. The van der Waals surface area contributed by atoms with Gasteiger partial charge in [-0.05, 0) is 28.8 Å². The second kappa shape index (κ2) is 7.21. The molecule has 5 nitrogen and oxygen atoms in total. The van der Waals surface area contributed by atoms with Crippen molar-refractivity contribution in [3.8, 4) is 11.1 Å². The summed E-state index contributed by atoms with van der Waals surface area (Å²) in [6.07, 6.45) is 0. The average molecular weight is 368 g/mol. The van der Waals surface area contributed by atoms with Crippen molar-refractivity contribution in [3.63, 3.8) is 0 Å². The van der Waals surface area contributed by atoms with Crippen LogP contribution in [0.15, 0.2) is 77.7 Å². The van der Waals surface area contributed by atoms with E-state index in [1.54, 1.807) is 30.3 Å². The van der Waals surface area contributed by atoms with Gasteiger partial charge < -0.3 is 5.11 Å². The zero-order valence-electron chi connectivity index (χ0n) is 13.7. The van der Waals surface area contributed by atoms with E-state index in [-0.39, 0.29) is 12.2 Å². The van der Waals surface area contributed by atoms with Crippen molar-refractivity contribution in [1.82, 2.24) is 0 Å². The first kappa shape index (κ1) is 18.0. The molecule has 0 radical (unpaired) electrons. The van der Waals surface area contributed by atoms with Gasteiger partial charge in [-0.1, -0.05) is 60.7 Å². The summed E-state index contributed by atoms with van der Waals surface area (Å²) in [4.78, 5) is 12.2. The molecule has 0 saturated heterocycles. The van der Waals surface area contributed by atoms with Gasteiger partial charge in [-0.25, -0.2) is 0 Å². The highest BCUT2D eigenvalue weighted by Crippen LogP contribution is 2.23. The van der Waals surface area contributed by atoms with Crippen LogP contribution in [0.1, 0.15) is 21.5 Å². The Morgan fingerprint density at radius 3 is 1.88 bits per heavy atom. The Morgan fingerprint density at radius 2 is 1.35 bits per heavy atom. The van der Waals surface area contributed by atoms with Crippen LogP contribution in [0, 0.1) is 0 Å². The first-order valence-corrected chi connectivity index (χ1v) is 9.25. The molecule has 6 heteroatoms. The van der Waals surface area contributed by atoms with Crippen molar-refractivity contribution in [2.45, 2.75) is 11.5 Å². The number of ketones is 1. The van der Waals surface area contributed by atoms with Gasteiger partial charge in [0, 0.05) is 11.1 Å². The first-order valence-electron chi connectivity index (χ1n) is 7.81. The molecular weight excluding hydrogens is 352 g/mol. The first-order chi connectivity index (χ1) is 12.4. The maximum Gasteiger partial charge on any atom is 0.295 e. The molecule has 0 heterocycles. The number of rotatable bonds is 5. The highest BCUT2D eigenvalue weighted by atomic mass is 32.2. The number of benzene rings is 3. The molecule has 0 fully saturated rings. The Labute approximate surface area is 151 Å². The minimum absolute atomic E-state index is 0.0269. The summed E-state index contributed by atoms with van der Waals surface area (Å²) in [5.74, 6) is -0.486. The standard InChI is InChI=1S/C20H16O5S/c21-13-14-5-7-15(8-6-14)16-9-11-17(12-10-16)20(22)18-3-1-2-4-19(18)26(23,24)25/h1-12,21H,13H2,(H,23,24,25). The van der Waals surface area contributed by atoms with E-state index in [1.807, 2.05) is 24.3 Å². The lowest BCUT2D eigenvalue weighted by atomic mass is 9.99. The molecule has 132 valence electrons. The van der Waals surface area contributed by atoms with Crippen LogP contribution < -0.4 is 0 Å². The molecular formula is C20H16O5S. The molecule has 26 heavy (non-hydrogen) atoms. The third kappa shape index (κ3) is 3.72. The minimum atomic E-state index is -4.49. The van der Waals surface area contributed by atoms with Crippen molar-refractivity contribution in [2.75, 3.05) is 0 Å².